The maximum absolute atomic E-state index is 12.8. The summed E-state index contributed by atoms with van der Waals surface area (Å²) in [5.41, 5.74) is 1.96. The molecule has 1 amide bonds. The van der Waals surface area contributed by atoms with E-state index in [1.807, 2.05) is 6.07 Å². The Morgan fingerprint density at radius 3 is 2.53 bits per heavy atom. The van der Waals surface area contributed by atoms with Gasteiger partial charge in [-0.15, -0.1) is 0 Å². The highest BCUT2D eigenvalue weighted by atomic mass is 35.5. The van der Waals surface area contributed by atoms with E-state index in [2.05, 4.69) is 0 Å². The van der Waals surface area contributed by atoms with Crippen molar-refractivity contribution in [2.24, 2.45) is 0 Å². The number of amides is 1. The first-order valence-electron chi connectivity index (χ1n) is 12.0. The van der Waals surface area contributed by atoms with Crippen LogP contribution in [0.2, 0.25) is 10.0 Å². The molecule has 0 fully saturated rings. The minimum atomic E-state index is -0.435. The van der Waals surface area contributed by atoms with Crippen LogP contribution in [0.4, 0.5) is 0 Å². The summed E-state index contributed by atoms with van der Waals surface area (Å²) in [6.07, 6.45) is 1.01. The van der Waals surface area contributed by atoms with Gasteiger partial charge in [0, 0.05) is 40.5 Å². The van der Waals surface area contributed by atoms with E-state index < -0.39 is 5.92 Å². The van der Waals surface area contributed by atoms with E-state index in [1.54, 1.807) is 62.6 Å². The molecular formula is C28H26Cl3NO6. The molecule has 0 saturated carbocycles. The molecule has 3 aromatic carbocycles. The molecule has 1 heterocycles. The van der Waals surface area contributed by atoms with Crippen LogP contribution >= 0.6 is 35.0 Å². The smallest absolute Gasteiger partial charge is 0.313 e. The van der Waals surface area contributed by atoms with Crippen molar-refractivity contribution < 1.29 is 28.5 Å². The van der Waals surface area contributed by atoms with E-state index >= 15 is 0 Å². The van der Waals surface area contributed by atoms with Gasteiger partial charge in [-0.3, -0.25) is 14.0 Å². The Morgan fingerprint density at radius 1 is 1.05 bits per heavy atom. The maximum Gasteiger partial charge on any atom is 0.313 e. The van der Waals surface area contributed by atoms with Crippen molar-refractivity contribution in [3.63, 3.8) is 0 Å². The van der Waals surface area contributed by atoms with Crippen LogP contribution in [0.15, 0.2) is 54.6 Å². The third-order valence-corrected chi connectivity index (χ3v) is 6.90. The van der Waals surface area contributed by atoms with Crippen LogP contribution < -0.4 is 14.2 Å². The van der Waals surface area contributed by atoms with Crippen LogP contribution in [-0.2, 0) is 16.0 Å². The number of carbonyl (C=O) groups is 2. The number of hydrogen-bond acceptors (Lipinski definition) is 6. The quantitative estimate of drug-likeness (QED) is 0.200. The molecule has 7 nitrogen and oxygen atoms in total. The number of benzene rings is 3. The monoisotopic (exact) mass is 577 g/mol. The van der Waals surface area contributed by atoms with Gasteiger partial charge in [0.05, 0.1) is 31.3 Å². The Labute approximate surface area is 236 Å². The normalized spacial score (nSPS) is 14.2. The van der Waals surface area contributed by atoms with Gasteiger partial charge in [-0.1, -0.05) is 29.3 Å². The number of hydrogen-bond donors (Lipinski definition) is 0. The summed E-state index contributed by atoms with van der Waals surface area (Å²) in [7, 11) is 1.56. The van der Waals surface area contributed by atoms with E-state index in [1.165, 1.54) is 0 Å². The number of fused-ring (bicyclic) bond motifs is 1. The van der Waals surface area contributed by atoms with Crippen LogP contribution in [0.1, 0.15) is 40.7 Å². The van der Waals surface area contributed by atoms with E-state index in [4.69, 9.17) is 53.9 Å². The second kappa shape index (κ2) is 12.6. The van der Waals surface area contributed by atoms with Crippen LogP contribution in [0.25, 0.3) is 0 Å². The van der Waals surface area contributed by atoms with Crippen LogP contribution in [0.3, 0.4) is 0 Å². The molecule has 0 radical (unpaired) electrons. The minimum absolute atomic E-state index is 0.272. The summed E-state index contributed by atoms with van der Waals surface area (Å²) in [4.78, 5) is 25.2. The first-order chi connectivity index (χ1) is 18.3. The molecule has 1 aliphatic rings. The van der Waals surface area contributed by atoms with Gasteiger partial charge in [0.2, 0.25) is 0 Å². The highest BCUT2D eigenvalue weighted by Gasteiger charge is 2.30. The fraction of sp³-hybridized carbons (Fsp3) is 0.286. The predicted octanol–water partition coefficient (Wildman–Crippen LogP) is 7.06. The molecule has 200 valence electrons. The SMILES string of the molecule is CCOC(=O)C1CCOc2cc(Oc3ccc(C(=O)N(Cl)CCc4ccc(Cl)cc4OC)cc3)c(Cl)cc21. The van der Waals surface area contributed by atoms with E-state index in [0.717, 1.165) is 9.98 Å². The number of esters is 1. The zero-order chi connectivity index (χ0) is 27.2. The number of ether oxygens (including phenoxy) is 4. The van der Waals surface area contributed by atoms with E-state index in [-0.39, 0.29) is 18.4 Å². The lowest BCUT2D eigenvalue weighted by atomic mass is 9.93. The Balaban J connectivity index is 1.41. The summed E-state index contributed by atoms with van der Waals surface area (Å²) < 4.78 is 23.3. The molecule has 1 unspecified atom stereocenters. The lowest BCUT2D eigenvalue weighted by Crippen LogP contribution is -2.24. The largest absolute Gasteiger partial charge is 0.496 e. The number of halogens is 3. The van der Waals surface area contributed by atoms with Gasteiger partial charge in [-0.05, 0) is 67.8 Å². The Morgan fingerprint density at radius 2 is 1.82 bits per heavy atom. The van der Waals surface area contributed by atoms with Crippen molar-refractivity contribution in [1.82, 2.24) is 4.42 Å². The maximum atomic E-state index is 12.8. The van der Waals surface area contributed by atoms with Crippen molar-refractivity contribution in [2.45, 2.75) is 25.7 Å². The number of rotatable bonds is 9. The van der Waals surface area contributed by atoms with Gasteiger partial charge in [-0.2, -0.15) is 0 Å². The molecule has 4 rings (SSSR count). The highest BCUT2D eigenvalue weighted by molar-refractivity contribution is 6.32. The number of methoxy groups -OCH3 is 1. The van der Waals surface area contributed by atoms with Crippen LogP contribution in [0, 0.1) is 0 Å². The van der Waals surface area contributed by atoms with Gasteiger partial charge >= 0.3 is 5.97 Å². The van der Waals surface area contributed by atoms with E-state index in [0.29, 0.717) is 70.2 Å². The first kappa shape index (κ1) is 27.9. The van der Waals surface area contributed by atoms with Crippen LogP contribution in [-0.4, -0.2) is 43.2 Å². The fourth-order valence-electron chi connectivity index (χ4n) is 4.13. The first-order valence-corrected chi connectivity index (χ1v) is 13.1. The topological polar surface area (TPSA) is 74.3 Å². The summed E-state index contributed by atoms with van der Waals surface area (Å²) in [5, 5.41) is 0.894. The molecule has 0 aromatic heterocycles. The molecule has 1 atom stereocenters. The Kier molecular flexibility index (Phi) is 9.26. The van der Waals surface area contributed by atoms with Crippen molar-refractivity contribution in [3.8, 4) is 23.0 Å². The summed E-state index contributed by atoms with van der Waals surface area (Å²) in [5.74, 6) is 0.904. The molecule has 10 heteroatoms. The van der Waals surface area contributed by atoms with Crippen molar-refractivity contribution in [2.75, 3.05) is 26.9 Å². The molecule has 38 heavy (non-hydrogen) atoms. The lowest BCUT2D eigenvalue weighted by Gasteiger charge is -2.25. The standard InChI is InChI=1S/C28H26Cl3NO6/c1-3-36-28(34)21-11-13-37-25-16-26(23(30)15-22(21)25)38-20-8-5-18(6-9-20)27(33)32(31)12-10-17-4-7-19(29)14-24(17)35-2/h4-9,14-16,21H,3,10-13H2,1-2H3. The number of carbonyl (C=O) groups excluding carboxylic acids is 2. The molecule has 0 saturated heterocycles. The summed E-state index contributed by atoms with van der Waals surface area (Å²) in [6.45, 7) is 2.73. The fourth-order valence-corrected chi connectivity index (χ4v) is 4.69. The van der Waals surface area contributed by atoms with E-state index in [9.17, 15) is 9.59 Å². The zero-order valence-electron chi connectivity index (χ0n) is 20.8. The third-order valence-electron chi connectivity index (χ3n) is 6.05. The molecular weight excluding hydrogens is 553 g/mol. The second-order valence-corrected chi connectivity index (χ2v) is 9.74. The highest BCUT2D eigenvalue weighted by Crippen LogP contribution is 2.42. The van der Waals surface area contributed by atoms with Gasteiger partial charge in [0.15, 0.2) is 0 Å². The summed E-state index contributed by atoms with van der Waals surface area (Å²) >= 11 is 18.8. The summed E-state index contributed by atoms with van der Waals surface area (Å²) in [6, 6.07) is 15.2. The van der Waals surface area contributed by atoms with Gasteiger partial charge in [0.25, 0.3) is 5.91 Å². The lowest BCUT2D eigenvalue weighted by molar-refractivity contribution is -0.145. The molecule has 0 aliphatic carbocycles. The Bertz CT molecular complexity index is 1310. The van der Waals surface area contributed by atoms with Crippen LogP contribution in [0.5, 0.6) is 23.0 Å². The predicted molar refractivity (Wildman–Crippen MR) is 146 cm³/mol. The molecule has 0 spiro atoms. The van der Waals surface area contributed by atoms with Gasteiger partial charge in [-0.25, -0.2) is 0 Å². The molecule has 1 aliphatic heterocycles. The molecule has 0 bridgehead atoms. The molecule has 0 N–H and O–H groups in total. The average molecular weight is 579 g/mol. The number of nitrogens with zero attached hydrogens (tertiary/aromatic N) is 1. The van der Waals surface area contributed by atoms with Gasteiger partial charge in [0.1, 0.15) is 23.0 Å². The molecule has 3 aromatic rings. The van der Waals surface area contributed by atoms with Crippen molar-refractivity contribution >= 4 is 46.9 Å². The third kappa shape index (κ3) is 6.46. The Hall–Kier alpha value is -3.13. The van der Waals surface area contributed by atoms with Crippen molar-refractivity contribution in [3.05, 3.63) is 81.3 Å². The second-order valence-electron chi connectivity index (χ2n) is 8.49. The zero-order valence-corrected chi connectivity index (χ0v) is 23.1. The minimum Gasteiger partial charge on any atom is -0.496 e. The van der Waals surface area contributed by atoms with Gasteiger partial charge < -0.3 is 18.9 Å². The van der Waals surface area contributed by atoms with Crippen molar-refractivity contribution in [1.29, 1.82) is 0 Å². The average Bonchev–Trinajstić information content (AvgIpc) is 2.92.